The molecule has 0 aliphatic carbocycles. The molecule has 1 N–H and O–H groups in total. The number of oxazole rings is 1. The predicted molar refractivity (Wildman–Crippen MR) is 98.1 cm³/mol. The summed E-state index contributed by atoms with van der Waals surface area (Å²) < 4.78 is 34.0. The Morgan fingerprint density at radius 1 is 1.19 bits per heavy atom. The van der Waals surface area contributed by atoms with E-state index in [1.165, 1.54) is 14.2 Å². The second kappa shape index (κ2) is 8.10. The van der Waals surface area contributed by atoms with Gasteiger partial charge in [0.2, 0.25) is 17.2 Å². The summed E-state index contributed by atoms with van der Waals surface area (Å²) >= 11 is 5.90. The van der Waals surface area contributed by atoms with Crippen molar-refractivity contribution in [3.05, 3.63) is 64.9 Å². The molecule has 9 heteroatoms. The molecular weight excluding hydrogens is 379 g/mol. The van der Waals surface area contributed by atoms with Crippen molar-refractivity contribution in [3.63, 3.8) is 0 Å². The minimum Gasteiger partial charge on any atom is -0.467 e. The molecular formula is C17H18ClN2O5P. The van der Waals surface area contributed by atoms with Crippen LogP contribution in [0.2, 0.25) is 5.02 Å². The number of aromatic nitrogens is 1. The summed E-state index contributed by atoms with van der Waals surface area (Å²) in [6.45, 7) is 0.336. The summed E-state index contributed by atoms with van der Waals surface area (Å²) in [7, 11) is -0.989. The first-order valence-corrected chi connectivity index (χ1v) is 9.68. The number of hydrogen-bond acceptors (Lipinski definition) is 7. The number of rotatable bonds is 8. The van der Waals surface area contributed by atoms with Crippen molar-refractivity contribution in [1.82, 2.24) is 4.98 Å². The van der Waals surface area contributed by atoms with Crippen LogP contribution in [-0.2, 0) is 26.6 Å². The summed E-state index contributed by atoms with van der Waals surface area (Å²) in [6, 6.07) is 10.9. The van der Waals surface area contributed by atoms with Crippen LogP contribution in [-0.4, -0.2) is 19.2 Å². The Morgan fingerprint density at radius 3 is 2.54 bits per heavy atom. The van der Waals surface area contributed by atoms with Crippen molar-refractivity contribution in [1.29, 1.82) is 0 Å². The number of nitrogens with zero attached hydrogens (tertiary/aromatic N) is 1. The van der Waals surface area contributed by atoms with Gasteiger partial charge in [0, 0.05) is 25.7 Å². The van der Waals surface area contributed by atoms with E-state index in [0.717, 1.165) is 5.56 Å². The van der Waals surface area contributed by atoms with Gasteiger partial charge in [-0.2, -0.15) is 0 Å². The molecule has 26 heavy (non-hydrogen) atoms. The maximum Gasteiger partial charge on any atom is 0.384 e. The molecule has 3 aromatic rings. The molecule has 0 saturated heterocycles. The molecule has 0 unspecified atom stereocenters. The molecule has 0 aliphatic heterocycles. The Labute approximate surface area is 155 Å². The maximum absolute atomic E-state index is 12.8. The van der Waals surface area contributed by atoms with Gasteiger partial charge in [0.25, 0.3) is 0 Å². The van der Waals surface area contributed by atoms with Crippen molar-refractivity contribution in [2.75, 3.05) is 19.5 Å². The Morgan fingerprint density at radius 2 is 1.92 bits per heavy atom. The molecule has 3 rings (SSSR count). The van der Waals surface area contributed by atoms with Crippen molar-refractivity contribution in [2.24, 2.45) is 0 Å². The molecule has 0 fully saturated rings. The van der Waals surface area contributed by atoms with Crippen LogP contribution in [0.1, 0.15) is 17.2 Å². The highest BCUT2D eigenvalue weighted by Crippen LogP contribution is 2.47. The zero-order chi connectivity index (χ0) is 18.6. The van der Waals surface area contributed by atoms with Crippen LogP contribution in [0.15, 0.2) is 51.5 Å². The first kappa shape index (κ1) is 18.7. The summed E-state index contributed by atoms with van der Waals surface area (Å²) in [5.41, 5.74) is 1.04. The zero-order valence-corrected chi connectivity index (χ0v) is 15.9. The fraction of sp³-hybridized carbons (Fsp3) is 0.235. The summed E-state index contributed by atoms with van der Waals surface area (Å²) in [5, 5.41) is 3.67. The smallest absolute Gasteiger partial charge is 0.384 e. The maximum atomic E-state index is 12.8. The molecule has 0 spiro atoms. The van der Waals surface area contributed by atoms with Crippen LogP contribution < -0.4 is 10.8 Å². The molecule has 0 amide bonds. The van der Waals surface area contributed by atoms with E-state index in [2.05, 4.69) is 10.3 Å². The van der Waals surface area contributed by atoms with Crippen LogP contribution in [0.25, 0.3) is 0 Å². The fourth-order valence-corrected chi connectivity index (χ4v) is 3.56. The van der Waals surface area contributed by atoms with Gasteiger partial charge in [0.15, 0.2) is 0 Å². The lowest BCUT2D eigenvalue weighted by molar-refractivity contribution is 0.286. The lowest BCUT2D eigenvalue weighted by atomic mass is 10.1. The molecule has 0 atom stereocenters. The van der Waals surface area contributed by atoms with Gasteiger partial charge in [0.05, 0.1) is 12.8 Å². The lowest BCUT2D eigenvalue weighted by Crippen LogP contribution is -2.15. The van der Waals surface area contributed by atoms with Crippen molar-refractivity contribution >= 4 is 30.5 Å². The van der Waals surface area contributed by atoms with E-state index >= 15 is 0 Å². The predicted octanol–water partition coefficient (Wildman–Crippen LogP) is 4.24. The minimum atomic E-state index is -3.59. The average Bonchev–Trinajstić information content (AvgIpc) is 3.31. The van der Waals surface area contributed by atoms with Gasteiger partial charge >= 0.3 is 7.60 Å². The van der Waals surface area contributed by atoms with Gasteiger partial charge in [-0.25, -0.2) is 4.98 Å². The Hall–Kier alpha value is -2.05. The first-order valence-electron chi connectivity index (χ1n) is 7.76. The van der Waals surface area contributed by atoms with E-state index in [1.54, 1.807) is 24.5 Å². The molecule has 0 bridgehead atoms. The molecule has 0 saturated carbocycles. The van der Waals surface area contributed by atoms with Gasteiger partial charge in [-0.3, -0.25) is 4.57 Å². The number of hydrogen-bond donors (Lipinski definition) is 1. The second-order valence-electron chi connectivity index (χ2n) is 5.36. The van der Waals surface area contributed by atoms with E-state index in [4.69, 9.17) is 29.5 Å². The van der Waals surface area contributed by atoms with Crippen LogP contribution in [0.4, 0.5) is 5.88 Å². The van der Waals surface area contributed by atoms with Crippen molar-refractivity contribution in [2.45, 2.75) is 13.0 Å². The van der Waals surface area contributed by atoms with E-state index < -0.39 is 7.60 Å². The van der Waals surface area contributed by atoms with Crippen molar-refractivity contribution < 1.29 is 22.4 Å². The molecule has 2 heterocycles. The number of halogens is 1. The second-order valence-corrected chi connectivity index (χ2v) is 7.94. The van der Waals surface area contributed by atoms with Gasteiger partial charge < -0.3 is 23.2 Å². The van der Waals surface area contributed by atoms with Gasteiger partial charge in [-0.05, 0) is 29.8 Å². The lowest BCUT2D eigenvalue weighted by Gasteiger charge is -2.11. The van der Waals surface area contributed by atoms with Gasteiger partial charge in [-0.15, -0.1) is 0 Å². The summed E-state index contributed by atoms with van der Waals surface area (Å²) in [5.74, 6) is 1.28. The Bertz CT molecular complexity index is 885. The van der Waals surface area contributed by atoms with Crippen LogP contribution in [0.3, 0.4) is 0 Å². The van der Waals surface area contributed by atoms with Crippen molar-refractivity contribution in [3.8, 4) is 0 Å². The topological polar surface area (TPSA) is 86.7 Å². The fourth-order valence-electron chi connectivity index (χ4n) is 2.34. The SMILES string of the molecule is COP(=O)(OC)c1nc(Cc2ccc(Cl)cc2)oc1NCc1ccco1. The normalized spacial score (nSPS) is 11.7. The molecule has 2 aromatic heterocycles. The Balaban J connectivity index is 1.88. The molecule has 0 radical (unpaired) electrons. The quantitative estimate of drug-likeness (QED) is 0.570. The third-order valence-corrected chi connectivity index (χ3v) is 5.70. The van der Waals surface area contributed by atoms with Crippen LogP contribution >= 0.6 is 19.2 Å². The van der Waals surface area contributed by atoms with E-state index in [1.807, 2.05) is 18.2 Å². The van der Waals surface area contributed by atoms with E-state index in [-0.39, 0.29) is 11.3 Å². The Kier molecular flexibility index (Phi) is 5.84. The summed E-state index contributed by atoms with van der Waals surface area (Å²) in [6.07, 6.45) is 1.97. The highest BCUT2D eigenvalue weighted by Gasteiger charge is 2.34. The van der Waals surface area contributed by atoms with E-state index in [0.29, 0.717) is 29.6 Å². The highest BCUT2D eigenvalue weighted by atomic mass is 35.5. The number of furan rings is 1. The number of anilines is 1. The zero-order valence-electron chi connectivity index (χ0n) is 14.3. The monoisotopic (exact) mass is 396 g/mol. The summed E-state index contributed by atoms with van der Waals surface area (Å²) in [4.78, 5) is 4.34. The molecule has 0 aliphatic rings. The van der Waals surface area contributed by atoms with Crippen LogP contribution in [0, 0.1) is 0 Å². The standard InChI is InChI=1S/C17H18ClN2O5P/c1-22-26(21,23-2)17-16(19-11-14-4-3-9-24-14)25-15(20-17)10-12-5-7-13(18)8-6-12/h3-9,19H,10-11H2,1-2H3. The van der Waals surface area contributed by atoms with Gasteiger partial charge in [0.1, 0.15) is 5.76 Å². The third kappa shape index (κ3) is 4.19. The molecule has 7 nitrogen and oxygen atoms in total. The van der Waals surface area contributed by atoms with E-state index in [9.17, 15) is 4.57 Å². The number of benzene rings is 1. The average molecular weight is 397 g/mol. The first-order chi connectivity index (χ1) is 12.5. The minimum absolute atomic E-state index is 0.0954. The number of nitrogens with one attached hydrogen (secondary N) is 1. The molecule has 138 valence electrons. The van der Waals surface area contributed by atoms with Gasteiger partial charge in [-0.1, -0.05) is 23.7 Å². The third-order valence-electron chi connectivity index (χ3n) is 3.67. The largest absolute Gasteiger partial charge is 0.467 e. The highest BCUT2D eigenvalue weighted by molar-refractivity contribution is 7.62. The molecule has 1 aromatic carbocycles. The van der Waals surface area contributed by atoms with Crippen LogP contribution in [0.5, 0.6) is 0 Å².